The average molecular weight is 461 g/mol. The van der Waals surface area contributed by atoms with E-state index in [2.05, 4.69) is 40.4 Å². The molecule has 1 fully saturated rings. The molecule has 1 rings (SSSR count). The van der Waals surface area contributed by atoms with Crippen LogP contribution in [0, 0.1) is 5.92 Å². The Hall–Kier alpha value is 0.976. The van der Waals surface area contributed by atoms with Crippen LogP contribution in [0.2, 0.25) is 37.4 Å². The zero-order chi connectivity index (χ0) is 18.1. The van der Waals surface area contributed by atoms with Crippen LogP contribution < -0.4 is 0 Å². The van der Waals surface area contributed by atoms with Gasteiger partial charge < -0.3 is 0 Å². The van der Waals surface area contributed by atoms with Crippen LogP contribution in [0.5, 0.6) is 0 Å². The minimum atomic E-state index is -1.92. The van der Waals surface area contributed by atoms with Crippen LogP contribution in [0.1, 0.15) is 78.6 Å². The second kappa shape index (κ2) is 11.6. The monoisotopic (exact) mass is 462 g/mol. The zero-order valence-corrected chi connectivity index (χ0v) is 21.6. The fraction of sp³-hybridized carbons (Fsp3) is 1.00. The molecule has 2 atom stereocenters. The fourth-order valence-corrected chi connectivity index (χ4v) is 23.9. The Morgan fingerprint density at radius 1 is 0.833 bits per heavy atom. The van der Waals surface area contributed by atoms with Crippen molar-refractivity contribution in [2.24, 2.45) is 5.92 Å². The Morgan fingerprint density at radius 2 is 1.33 bits per heavy atom. The van der Waals surface area contributed by atoms with Gasteiger partial charge in [-0.15, -0.1) is 0 Å². The van der Waals surface area contributed by atoms with Gasteiger partial charge in [0.1, 0.15) is 0 Å². The number of hydrogen-bond donors (Lipinski definition) is 0. The first kappa shape index (κ1) is 23.0. The van der Waals surface area contributed by atoms with Crippen molar-refractivity contribution in [1.82, 2.24) is 0 Å². The van der Waals surface area contributed by atoms with E-state index < -0.39 is 26.7 Å². The van der Waals surface area contributed by atoms with Gasteiger partial charge in [-0.2, -0.15) is 0 Å². The third-order valence-electron chi connectivity index (χ3n) is 5.92. The number of rotatable bonds is 13. The van der Waals surface area contributed by atoms with Crippen molar-refractivity contribution < 1.29 is 4.43 Å². The van der Waals surface area contributed by atoms with Crippen molar-refractivity contribution in [3.63, 3.8) is 0 Å². The van der Waals surface area contributed by atoms with Gasteiger partial charge in [0, 0.05) is 0 Å². The topological polar surface area (TPSA) is 9.23 Å². The van der Waals surface area contributed by atoms with Crippen LogP contribution in [-0.2, 0) is 4.43 Å². The predicted molar refractivity (Wildman–Crippen MR) is 115 cm³/mol. The molecule has 0 spiro atoms. The van der Waals surface area contributed by atoms with Crippen LogP contribution in [0.25, 0.3) is 0 Å². The summed E-state index contributed by atoms with van der Waals surface area (Å²) in [5, 5.41) is 0. The fourth-order valence-electron chi connectivity index (χ4n) is 4.77. The Balaban J connectivity index is 2.68. The van der Waals surface area contributed by atoms with Gasteiger partial charge in [-0.1, -0.05) is 0 Å². The summed E-state index contributed by atoms with van der Waals surface area (Å²) in [5.41, 5.74) is 0. The van der Waals surface area contributed by atoms with E-state index in [0.717, 1.165) is 5.92 Å². The van der Waals surface area contributed by atoms with Crippen molar-refractivity contribution in [3.8, 4) is 0 Å². The summed E-state index contributed by atoms with van der Waals surface area (Å²) in [7, 11) is -1.36. The molecule has 0 aromatic rings. The second-order valence-corrected chi connectivity index (χ2v) is 28.0. The van der Waals surface area contributed by atoms with Crippen molar-refractivity contribution in [2.75, 3.05) is 0 Å². The molecule has 3 heteroatoms. The van der Waals surface area contributed by atoms with Gasteiger partial charge in [0.2, 0.25) is 0 Å². The van der Waals surface area contributed by atoms with E-state index in [4.69, 9.17) is 4.43 Å². The molecule has 0 aromatic heterocycles. The van der Waals surface area contributed by atoms with E-state index in [-0.39, 0.29) is 0 Å². The number of unbranched alkanes of at least 4 members (excludes halogenated alkanes) is 3. The molecule has 144 valence electrons. The molecule has 0 bridgehead atoms. The standard InChI is InChI=1S/C9H19OSi.3C4H9.Sn/c1-8-5-6-9(7-8)10-11(2,3)4;3*1-3-4-2;/h8-9H,1,5-7H2,2-4H3;3*1,3-4H2,2H3;/t8-,9+;;;;/m1..../s1. The Morgan fingerprint density at radius 3 is 1.75 bits per heavy atom. The molecule has 0 unspecified atom stereocenters. The third kappa shape index (κ3) is 9.07. The first-order valence-electron chi connectivity index (χ1n) is 11.0. The van der Waals surface area contributed by atoms with Gasteiger partial charge in [0.25, 0.3) is 0 Å². The van der Waals surface area contributed by atoms with Gasteiger partial charge in [-0.25, -0.2) is 0 Å². The van der Waals surface area contributed by atoms with Gasteiger partial charge >= 0.3 is 159 Å². The first-order valence-corrected chi connectivity index (χ1v) is 22.5. The Kier molecular flexibility index (Phi) is 11.2. The molecule has 1 aliphatic rings. The van der Waals surface area contributed by atoms with Crippen molar-refractivity contribution in [3.05, 3.63) is 0 Å². The van der Waals surface area contributed by atoms with Crippen molar-refractivity contribution in [2.45, 2.75) is 122 Å². The van der Waals surface area contributed by atoms with Crippen LogP contribution in [0.15, 0.2) is 0 Å². The molecular formula is C21H46OSiSn. The van der Waals surface area contributed by atoms with Gasteiger partial charge in [-0.05, 0) is 0 Å². The molecule has 0 N–H and O–H groups in total. The molecule has 0 aliphatic heterocycles. The molecular weight excluding hydrogens is 415 g/mol. The van der Waals surface area contributed by atoms with Crippen molar-refractivity contribution >= 4 is 26.7 Å². The predicted octanol–water partition coefficient (Wildman–Crippen LogP) is 7.86. The van der Waals surface area contributed by atoms with Crippen LogP contribution in [0.4, 0.5) is 0 Å². The summed E-state index contributed by atoms with van der Waals surface area (Å²) in [6.07, 6.45) is 13.6. The summed E-state index contributed by atoms with van der Waals surface area (Å²) >= 11 is -1.92. The van der Waals surface area contributed by atoms with E-state index in [1.54, 1.807) is 17.7 Å². The van der Waals surface area contributed by atoms with Gasteiger partial charge in [-0.3, -0.25) is 0 Å². The minimum absolute atomic E-state index is 0.606. The number of hydrogen-bond acceptors (Lipinski definition) is 1. The van der Waals surface area contributed by atoms with Crippen LogP contribution in [0.3, 0.4) is 0 Å². The third-order valence-corrected chi connectivity index (χ3v) is 23.2. The Bertz CT molecular complexity index is 305. The van der Waals surface area contributed by atoms with Gasteiger partial charge in [0.05, 0.1) is 0 Å². The van der Waals surface area contributed by atoms with Crippen LogP contribution >= 0.6 is 0 Å². The Labute approximate surface area is 158 Å². The maximum absolute atomic E-state index is 6.45. The van der Waals surface area contributed by atoms with E-state index >= 15 is 0 Å². The zero-order valence-electron chi connectivity index (χ0n) is 17.8. The molecule has 24 heavy (non-hydrogen) atoms. The van der Waals surface area contributed by atoms with Gasteiger partial charge in [0.15, 0.2) is 0 Å². The van der Waals surface area contributed by atoms with E-state index in [1.165, 1.54) is 57.8 Å². The molecule has 0 amide bonds. The summed E-state index contributed by atoms with van der Waals surface area (Å²) in [6.45, 7) is 14.2. The summed E-state index contributed by atoms with van der Waals surface area (Å²) in [6, 6.07) is 0. The molecule has 0 radical (unpaired) electrons. The molecule has 0 saturated heterocycles. The average Bonchev–Trinajstić information content (AvgIpc) is 2.93. The molecule has 1 saturated carbocycles. The summed E-state index contributed by atoms with van der Waals surface area (Å²) in [4.78, 5) is 0. The van der Waals surface area contributed by atoms with E-state index in [1.807, 2.05) is 0 Å². The van der Waals surface area contributed by atoms with E-state index in [0.29, 0.717) is 6.10 Å². The van der Waals surface area contributed by atoms with E-state index in [9.17, 15) is 0 Å². The maximum atomic E-state index is 6.45. The second-order valence-electron chi connectivity index (χ2n) is 9.55. The molecule has 0 aromatic carbocycles. The quantitative estimate of drug-likeness (QED) is 0.254. The van der Waals surface area contributed by atoms with Crippen LogP contribution in [-0.4, -0.2) is 32.8 Å². The van der Waals surface area contributed by atoms with Crippen molar-refractivity contribution in [1.29, 1.82) is 0 Å². The SMILES string of the molecule is CCC[CH2][Sn]([CH2]CCC)([CH2]CCC)[CH2][C@@H]1CC[C@H](O[Si](C)(C)C)C1. The first-order chi connectivity index (χ1) is 11.3. The molecule has 1 nitrogen and oxygen atoms in total. The molecule has 0 heterocycles. The summed E-state index contributed by atoms with van der Waals surface area (Å²) in [5.74, 6) is 1.02. The normalized spacial score (nSPS) is 22.2. The summed E-state index contributed by atoms with van der Waals surface area (Å²) < 4.78 is 13.2. The molecule has 1 aliphatic carbocycles.